The van der Waals surface area contributed by atoms with Crippen molar-refractivity contribution in [2.45, 2.75) is 11.8 Å². The number of carbonyl (C=O) groups is 1. The van der Waals surface area contributed by atoms with Crippen molar-refractivity contribution in [1.29, 1.82) is 0 Å². The van der Waals surface area contributed by atoms with E-state index in [2.05, 4.69) is 5.32 Å². The van der Waals surface area contributed by atoms with Crippen LogP contribution in [0.1, 0.15) is 15.9 Å². The minimum atomic E-state index is -4.49. The molecule has 144 valence electrons. The highest BCUT2D eigenvalue weighted by atomic mass is 32.2. The monoisotopic (exact) mass is 402 g/mol. The number of fused-ring (bicyclic) bond motifs is 1. The SMILES string of the molecule is Cc1ccc(C(=O)Nc2ccc3cc(S(=O)(=O)O)cc(O)c3c2)c([N+](=O)[O-])c1. The van der Waals surface area contributed by atoms with Crippen LogP contribution in [0.25, 0.3) is 10.8 Å². The van der Waals surface area contributed by atoms with Crippen LogP contribution in [0.5, 0.6) is 5.75 Å². The quantitative estimate of drug-likeness (QED) is 0.345. The third-order valence-corrected chi connectivity index (χ3v) is 4.89. The summed E-state index contributed by atoms with van der Waals surface area (Å²) in [4.78, 5) is 22.5. The van der Waals surface area contributed by atoms with Gasteiger partial charge in [-0.1, -0.05) is 12.1 Å². The van der Waals surface area contributed by atoms with Crippen molar-refractivity contribution < 1.29 is 27.8 Å². The zero-order chi connectivity index (χ0) is 20.6. The maximum Gasteiger partial charge on any atom is 0.294 e. The van der Waals surface area contributed by atoms with E-state index in [1.807, 2.05) is 0 Å². The minimum Gasteiger partial charge on any atom is -0.507 e. The largest absolute Gasteiger partial charge is 0.507 e. The van der Waals surface area contributed by atoms with Gasteiger partial charge >= 0.3 is 0 Å². The summed E-state index contributed by atoms with van der Waals surface area (Å²) in [6.45, 7) is 1.67. The lowest BCUT2D eigenvalue weighted by atomic mass is 10.1. The maximum absolute atomic E-state index is 12.5. The van der Waals surface area contributed by atoms with Gasteiger partial charge < -0.3 is 10.4 Å². The molecule has 0 bridgehead atoms. The Morgan fingerprint density at radius 2 is 1.82 bits per heavy atom. The molecule has 0 radical (unpaired) electrons. The van der Waals surface area contributed by atoms with Crippen molar-refractivity contribution in [3.05, 3.63) is 69.8 Å². The van der Waals surface area contributed by atoms with Crippen LogP contribution in [0.3, 0.4) is 0 Å². The Balaban J connectivity index is 1.99. The molecule has 0 saturated carbocycles. The number of nitrogens with zero attached hydrogens (tertiary/aromatic N) is 1. The van der Waals surface area contributed by atoms with Crippen LogP contribution in [0.15, 0.2) is 53.4 Å². The first-order chi connectivity index (χ1) is 13.1. The van der Waals surface area contributed by atoms with Gasteiger partial charge in [-0.15, -0.1) is 0 Å². The number of benzene rings is 3. The first-order valence-corrected chi connectivity index (χ1v) is 9.31. The minimum absolute atomic E-state index is 0.123. The lowest BCUT2D eigenvalue weighted by molar-refractivity contribution is -0.385. The summed E-state index contributed by atoms with van der Waals surface area (Å²) in [6, 6.07) is 10.5. The Labute approximate surface area is 159 Å². The average molecular weight is 402 g/mol. The second-order valence-electron chi connectivity index (χ2n) is 6.09. The molecule has 3 aromatic carbocycles. The predicted molar refractivity (Wildman–Crippen MR) is 101 cm³/mol. The third kappa shape index (κ3) is 3.77. The van der Waals surface area contributed by atoms with Gasteiger partial charge in [0, 0.05) is 23.2 Å². The van der Waals surface area contributed by atoms with Crippen LogP contribution in [0.2, 0.25) is 0 Å². The third-order valence-electron chi connectivity index (χ3n) is 4.06. The molecule has 3 aromatic rings. The van der Waals surface area contributed by atoms with Crippen molar-refractivity contribution in [3.8, 4) is 5.75 Å². The molecule has 0 aliphatic carbocycles. The summed E-state index contributed by atoms with van der Waals surface area (Å²) in [7, 11) is -4.49. The lowest BCUT2D eigenvalue weighted by Crippen LogP contribution is -2.14. The number of anilines is 1. The number of nitro groups is 1. The molecule has 9 nitrogen and oxygen atoms in total. The van der Waals surface area contributed by atoms with Crippen LogP contribution in [0, 0.1) is 17.0 Å². The van der Waals surface area contributed by atoms with Crippen molar-refractivity contribution in [2.75, 3.05) is 5.32 Å². The molecule has 0 aliphatic rings. The number of carbonyl (C=O) groups excluding carboxylic acids is 1. The molecule has 1 amide bonds. The molecular formula is C18H14N2O7S. The Morgan fingerprint density at radius 3 is 2.46 bits per heavy atom. The fourth-order valence-electron chi connectivity index (χ4n) is 2.72. The standard InChI is InChI=1S/C18H14N2O7S/c1-10-2-5-14(16(6-10)20(23)24)18(22)19-12-4-3-11-7-13(28(25,26)27)9-17(21)15(11)8-12/h2-9,21H,1H3,(H,19,22)(H,25,26,27). The predicted octanol–water partition coefficient (Wildman–Crippen LogP) is 3.26. The second kappa shape index (κ2) is 6.91. The van der Waals surface area contributed by atoms with E-state index in [4.69, 9.17) is 4.55 Å². The highest BCUT2D eigenvalue weighted by Gasteiger charge is 2.20. The van der Waals surface area contributed by atoms with Gasteiger partial charge in [-0.25, -0.2) is 0 Å². The molecule has 28 heavy (non-hydrogen) atoms. The van der Waals surface area contributed by atoms with Gasteiger partial charge in [0.05, 0.1) is 9.82 Å². The van der Waals surface area contributed by atoms with Gasteiger partial charge in [-0.2, -0.15) is 8.42 Å². The normalized spacial score (nSPS) is 11.4. The lowest BCUT2D eigenvalue weighted by Gasteiger charge is -2.09. The number of amides is 1. The summed E-state index contributed by atoms with van der Waals surface area (Å²) in [6.07, 6.45) is 0. The number of nitro benzene ring substituents is 1. The topological polar surface area (TPSA) is 147 Å². The van der Waals surface area contributed by atoms with Gasteiger partial charge in [0.1, 0.15) is 11.3 Å². The molecule has 0 unspecified atom stereocenters. The molecule has 3 N–H and O–H groups in total. The van der Waals surface area contributed by atoms with Crippen molar-refractivity contribution >= 4 is 38.2 Å². The number of aromatic hydroxyl groups is 1. The van der Waals surface area contributed by atoms with Gasteiger partial charge in [0.25, 0.3) is 21.7 Å². The summed E-state index contributed by atoms with van der Waals surface area (Å²) in [5.74, 6) is -1.12. The fraction of sp³-hybridized carbons (Fsp3) is 0.0556. The second-order valence-corrected chi connectivity index (χ2v) is 7.51. The first kappa shape index (κ1) is 19.3. The van der Waals surface area contributed by atoms with E-state index in [-0.39, 0.29) is 22.3 Å². The van der Waals surface area contributed by atoms with Crippen LogP contribution in [-0.4, -0.2) is 28.9 Å². The Bertz CT molecular complexity index is 1240. The van der Waals surface area contributed by atoms with E-state index in [0.29, 0.717) is 10.9 Å². The summed E-state index contributed by atoms with van der Waals surface area (Å²) < 4.78 is 31.6. The Hall–Kier alpha value is -3.50. The molecule has 0 heterocycles. The molecule has 0 fully saturated rings. The molecule has 0 aliphatic heterocycles. The van der Waals surface area contributed by atoms with E-state index < -0.39 is 31.6 Å². The van der Waals surface area contributed by atoms with Crippen LogP contribution in [-0.2, 0) is 10.1 Å². The number of phenols is 1. The number of rotatable bonds is 4. The smallest absolute Gasteiger partial charge is 0.294 e. The molecule has 0 atom stereocenters. The average Bonchev–Trinajstić information content (AvgIpc) is 2.61. The summed E-state index contributed by atoms with van der Waals surface area (Å²) in [5.41, 5.74) is 0.413. The van der Waals surface area contributed by atoms with Crippen molar-refractivity contribution in [3.63, 3.8) is 0 Å². The number of phenolic OH excluding ortho intramolecular Hbond substituents is 1. The summed E-state index contributed by atoms with van der Waals surface area (Å²) in [5, 5.41) is 24.3. The maximum atomic E-state index is 12.5. The highest BCUT2D eigenvalue weighted by Crippen LogP contribution is 2.31. The van der Waals surface area contributed by atoms with E-state index in [0.717, 1.165) is 6.07 Å². The number of hydrogen-bond donors (Lipinski definition) is 3. The van der Waals surface area contributed by atoms with Gasteiger partial charge in [-0.05, 0) is 42.1 Å². The van der Waals surface area contributed by atoms with Gasteiger partial charge in [0.15, 0.2) is 0 Å². The Morgan fingerprint density at radius 1 is 1.11 bits per heavy atom. The summed E-state index contributed by atoms with van der Waals surface area (Å²) >= 11 is 0. The molecule has 0 spiro atoms. The van der Waals surface area contributed by atoms with Crippen LogP contribution >= 0.6 is 0 Å². The highest BCUT2D eigenvalue weighted by molar-refractivity contribution is 7.85. The Kier molecular flexibility index (Phi) is 4.75. The van der Waals surface area contributed by atoms with E-state index in [1.165, 1.54) is 36.4 Å². The first-order valence-electron chi connectivity index (χ1n) is 7.87. The van der Waals surface area contributed by atoms with Crippen LogP contribution in [0.4, 0.5) is 11.4 Å². The molecule has 10 heteroatoms. The van der Waals surface area contributed by atoms with Crippen molar-refractivity contribution in [2.24, 2.45) is 0 Å². The van der Waals surface area contributed by atoms with E-state index in [9.17, 15) is 28.4 Å². The van der Waals surface area contributed by atoms with Gasteiger partial charge in [0.2, 0.25) is 0 Å². The number of hydrogen-bond acceptors (Lipinski definition) is 6. The zero-order valence-corrected chi connectivity index (χ0v) is 15.2. The van der Waals surface area contributed by atoms with Crippen LogP contribution < -0.4 is 5.32 Å². The molecule has 3 rings (SSSR count). The van der Waals surface area contributed by atoms with E-state index >= 15 is 0 Å². The number of nitrogens with one attached hydrogen (secondary N) is 1. The molecule has 0 saturated heterocycles. The van der Waals surface area contributed by atoms with Gasteiger partial charge in [-0.3, -0.25) is 19.5 Å². The molecule has 0 aromatic heterocycles. The van der Waals surface area contributed by atoms with Crippen molar-refractivity contribution in [1.82, 2.24) is 0 Å². The van der Waals surface area contributed by atoms with E-state index in [1.54, 1.807) is 13.0 Å². The number of aryl methyl sites for hydroxylation is 1. The molecular weight excluding hydrogens is 388 g/mol. The fourth-order valence-corrected chi connectivity index (χ4v) is 3.26. The zero-order valence-electron chi connectivity index (χ0n) is 14.4.